The van der Waals surface area contributed by atoms with Crippen molar-refractivity contribution >= 4 is 50.7 Å². The van der Waals surface area contributed by atoms with Gasteiger partial charge < -0.3 is 24.4 Å². The first-order chi connectivity index (χ1) is 20.0. The van der Waals surface area contributed by atoms with Crippen molar-refractivity contribution in [3.05, 3.63) is 76.3 Å². The molecule has 3 rings (SSSR count). The lowest BCUT2D eigenvalue weighted by atomic mass is 10.1. The smallest absolute Gasteiger partial charge is 0.265 e. The van der Waals surface area contributed by atoms with Gasteiger partial charge in [0.05, 0.1) is 31.9 Å². The largest absolute Gasteiger partial charge is 0.495 e. The number of nitrogens with zero attached hydrogens (tertiary/aromatic N) is 2. The van der Waals surface area contributed by atoms with Crippen molar-refractivity contribution < 1.29 is 32.2 Å². The third-order valence-electron chi connectivity index (χ3n) is 6.42. The molecule has 10 nitrogen and oxygen atoms in total. The van der Waals surface area contributed by atoms with Gasteiger partial charge in [-0.3, -0.25) is 13.9 Å². The van der Waals surface area contributed by atoms with Crippen molar-refractivity contribution in [2.75, 3.05) is 38.7 Å². The number of sulfonamides is 1. The van der Waals surface area contributed by atoms with Gasteiger partial charge in [0.1, 0.15) is 18.3 Å². The summed E-state index contributed by atoms with van der Waals surface area (Å²) < 4.78 is 45.3. The van der Waals surface area contributed by atoms with Crippen LogP contribution in [0.2, 0.25) is 10.0 Å². The fourth-order valence-electron chi connectivity index (χ4n) is 4.17. The number of hydrogen-bond acceptors (Lipinski definition) is 7. The van der Waals surface area contributed by atoms with E-state index in [1.807, 2.05) is 0 Å². The Morgan fingerprint density at radius 3 is 2.05 bits per heavy atom. The van der Waals surface area contributed by atoms with Gasteiger partial charge in [-0.25, -0.2) is 8.42 Å². The van der Waals surface area contributed by atoms with Crippen LogP contribution in [0, 0.1) is 0 Å². The number of nitrogens with one attached hydrogen (secondary N) is 1. The number of ether oxygens (including phenoxy) is 3. The van der Waals surface area contributed by atoms with E-state index in [4.69, 9.17) is 37.4 Å². The SMILES string of the molecule is CCNC(=O)[C@@H](C)N(Cc1ccc(Cl)cc1)C(=O)CN(c1cc(Cl)ccc1OC)S(=O)(=O)c1ccc(OC)c(OC)c1. The van der Waals surface area contributed by atoms with Crippen molar-refractivity contribution in [2.45, 2.75) is 31.3 Å². The Balaban J connectivity index is 2.14. The summed E-state index contributed by atoms with van der Waals surface area (Å²) in [4.78, 5) is 28.0. The average Bonchev–Trinajstić information content (AvgIpc) is 2.98. The molecule has 0 unspecified atom stereocenters. The normalized spacial score (nSPS) is 11.8. The van der Waals surface area contributed by atoms with Crippen molar-refractivity contribution in [2.24, 2.45) is 0 Å². The zero-order valence-electron chi connectivity index (χ0n) is 23.9. The van der Waals surface area contributed by atoms with Crippen molar-refractivity contribution in [3.63, 3.8) is 0 Å². The quantitative estimate of drug-likeness (QED) is 0.287. The molecule has 1 atom stereocenters. The van der Waals surface area contributed by atoms with Gasteiger partial charge >= 0.3 is 0 Å². The molecule has 0 saturated heterocycles. The highest BCUT2D eigenvalue weighted by Gasteiger charge is 2.34. The highest BCUT2D eigenvalue weighted by atomic mass is 35.5. The lowest BCUT2D eigenvalue weighted by Crippen LogP contribution is -2.51. The van der Waals surface area contributed by atoms with Crippen LogP contribution in [0.25, 0.3) is 0 Å². The van der Waals surface area contributed by atoms with Gasteiger partial charge in [0.15, 0.2) is 11.5 Å². The molecule has 2 amide bonds. The van der Waals surface area contributed by atoms with Crippen LogP contribution in [-0.4, -0.2) is 65.6 Å². The summed E-state index contributed by atoms with van der Waals surface area (Å²) in [5.41, 5.74) is 0.726. The predicted octanol–water partition coefficient (Wildman–Crippen LogP) is 4.77. The van der Waals surface area contributed by atoms with Crippen LogP contribution in [0.3, 0.4) is 0 Å². The third-order valence-corrected chi connectivity index (χ3v) is 8.66. The molecule has 3 aromatic carbocycles. The summed E-state index contributed by atoms with van der Waals surface area (Å²) in [6, 6.07) is 14.4. The number of benzene rings is 3. The van der Waals surface area contributed by atoms with E-state index in [9.17, 15) is 18.0 Å². The number of carbonyl (C=O) groups is 2. The lowest BCUT2D eigenvalue weighted by molar-refractivity contribution is -0.139. The van der Waals surface area contributed by atoms with Crippen LogP contribution in [-0.2, 0) is 26.2 Å². The maximum atomic E-state index is 14.2. The molecular formula is C29H33Cl2N3O7S. The highest BCUT2D eigenvalue weighted by molar-refractivity contribution is 7.92. The summed E-state index contributed by atoms with van der Waals surface area (Å²) in [5, 5.41) is 3.45. The second-order valence-electron chi connectivity index (χ2n) is 9.06. The summed E-state index contributed by atoms with van der Waals surface area (Å²) in [5.74, 6) is -0.372. The Labute approximate surface area is 256 Å². The molecule has 0 aliphatic heterocycles. The molecule has 0 saturated carbocycles. The van der Waals surface area contributed by atoms with Crippen LogP contribution in [0.1, 0.15) is 19.4 Å². The molecule has 42 heavy (non-hydrogen) atoms. The van der Waals surface area contributed by atoms with E-state index < -0.39 is 34.4 Å². The van der Waals surface area contributed by atoms with Gasteiger partial charge in [0.25, 0.3) is 10.0 Å². The first kappa shape index (κ1) is 32.8. The molecule has 3 aromatic rings. The number of methoxy groups -OCH3 is 3. The van der Waals surface area contributed by atoms with Crippen molar-refractivity contribution in [3.8, 4) is 17.2 Å². The van der Waals surface area contributed by atoms with E-state index in [1.165, 1.54) is 62.6 Å². The zero-order valence-corrected chi connectivity index (χ0v) is 26.2. The maximum absolute atomic E-state index is 14.2. The summed E-state index contributed by atoms with van der Waals surface area (Å²) in [6.07, 6.45) is 0. The van der Waals surface area contributed by atoms with Crippen molar-refractivity contribution in [1.29, 1.82) is 0 Å². The highest BCUT2D eigenvalue weighted by Crippen LogP contribution is 2.37. The Hall–Kier alpha value is -3.67. The Kier molecular flexibility index (Phi) is 11.3. The number of halogens is 2. The Morgan fingerprint density at radius 2 is 1.45 bits per heavy atom. The molecule has 13 heteroatoms. The van der Waals surface area contributed by atoms with Gasteiger partial charge in [-0.1, -0.05) is 35.3 Å². The summed E-state index contributed by atoms with van der Waals surface area (Å²) in [7, 11) is -0.244. The molecule has 0 bridgehead atoms. The number of carbonyl (C=O) groups excluding carboxylic acids is 2. The predicted molar refractivity (Wildman–Crippen MR) is 162 cm³/mol. The number of likely N-dealkylation sites (N-methyl/N-ethyl adjacent to an activating group) is 1. The number of hydrogen-bond donors (Lipinski definition) is 1. The minimum atomic E-state index is -4.43. The second kappa shape index (κ2) is 14.5. The van der Waals surface area contributed by atoms with Crippen LogP contribution < -0.4 is 23.8 Å². The van der Waals surface area contributed by atoms with E-state index in [0.29, 0.717) is 22.9 Å². The van der Waals surface area contributed by atoms with Crippen LogP contribution in [0.5, 0.6) is 17.2 Å². The number of anilines is 1. The summed E-state index contributed by atoms with van der Waals surface area (Å²) >= 11 is 12.3. The van der Waals surface area contributed by atoms with Gasteiger partial charge in [0, 0.05) is 29.2 Å². The molecule has 1 N–H and O–H groups in total. The molecular weight excluding hydrogens is 605 g/mol. The van der Waals surface area contributed by atoms with E-state index in [1.54, 1.807) is 38.1 Å². The average molecular weight is 639 g/mol. The molecule has 0 spiro atoms. The van der Waals surface area contributed by atoms with E-state index >= 15 is 0 Å². The molecule has 0 fully saturated rings. The lowest BCUT2D eigenvalue weighted by Gasteiger charge is -2.32. The minimum absolute atomic E-state index is 0.0191. The first-order valence-electron chi connectivity index (χ1n) is 12.9. The van der Waals surface area contributed by atoms with Crippen LogP contribution >= 0.6 is 23.2 Å². The van der Waals surface area contributed by atoms with Crippen LogP contribution in [0.4, 0.5) is 5.69 Å². The molecule has 226 valence electrons. The zero-order chi connectivity index (χ0) is 31.0. The van der Waals surface area contributed by atoms with E-state index in [0.717, 1.165) is 4.31 Å². The number of amides is 2. The summed E-state index contributed by atoms with van der Waals surface area (Å²) in [6.45, 7) is 3.03. The molecule has 0 aromatic heterocycles. The maximum Gasteiger partial charge on any atom is 0.265 e. The van der Waals surface area contributed by atoms with Gasteiger partial charge in [0.2, 0.25) is 11.8 Å². The van der Waals surface area contributed by atoms with Crippen molar-refractivity contribution in [1.82, 2.24) is 10.2 Å². The van der Waals surface area contributed by atoms with E-state index in [-0.39, 0.29) is 33.6 Å². The van der Waals surface area contributed by atoms with Gasteiger partial charge in [-0.2, -0.15) is 0 Å². The second-order valence-corrected chi connectivity index (χ2v) is 11.8. The fraction of sp³-hybridized carbons (Fsp3) is 0.310. The standard InChI is InChI=1S/C29H33Cl2N3O7S/c1-6-32-29(36)19(2)33(17-20-7-9-21(30)10-8-20)28(35)18-34(24-15-22(31)11-13-25(24)39-3)42(37,38)23-12-14-26(40-4)27(16-23)41-5/h7-16,19H,6,17-18H2,1-5H3,(H,32,36)/t19-/m1/s1. The molecule has 0 radical (unpaired) electrons. The van der Waals surface area contributed by atoms with Crippen LogP contribution in [0.15, 0.2) is 65.6 Å². The first-order valence-corrected chi connectivity index (χ1v) is 15.1. The Bertz CT molecular complexity index is 1520. The molecule has 0 aliphatic carbocycles. The van der Waals surface area contributed by atoms with E-state index in [2.05, 4.69) is 5.32 Å². The van der Waals surface area contributed by atoms with Gasteiger partial charge in [-0.05, 0) is 61.9 Å². The fourth-order valence-corrected chi connectivity index (χ4v) is 5.89. The molecule has 0 heterocycles. The minimum Gasteiger partial charge on any atom is -0.495 e. The number of rotatable bonds is 13. The van der Waals surface area contributed by atoms with Gasteiger partial charge in [-0.15, -0.1) is 0 Å². The topological polar surface area (TPSA) is 114 Å². The Morgan fingerprint density at radius 1 is 0.857 bits per heavy atom. The third kappa shape index (κ3) is 7.58. The molecule has 0 aliphatic rings. The monoisotopic (exact) mass is 637 g/mol.